The fourth-order valence-corrected chi connectivity index (χ4v) is 0.815. The molecule has 0 aromatic heterocycles. The topological polar surface area (TPSA) is 104 Å². The molecule has 3 amide bonds. The van der Waals surface area contributed by atoms with Crippen LogP contribution in [0.1, 0.15) is 12.8 Å². The third-order valence-electron chi connectivity index (χ3n) is 1.64. The Morgan fingerprint density at radius 3 is 2.67 bits per heavy atom. The number of hydrogen-bond donors (Lipinski definition) is 2. The number of nitrogens with zero attached hydrogens (tertiary/aromatic N) is 2. The first-order valence-corrected chi connectivity index (χ1v) is 4.30. The molecule has 0 spiro atoms. The second kappa shape index (κ2) is 4.95. The van der Waals surface area contributed by atoms with Gasteiger partial charge in [-0.25, -0.2) is 4.79 Å². The lowest BCUT2D eigenvalue weighted by Crippen LogP contribution is -2.43. The van der Waals surface area contributed by atoms with Gasteiger partial charge in [-0.15, -0.1) is 0 Å². The van der Waals surface area contributed by atoms with E-state index in [1.165, 1.54) is 13.2 Å². The zero-order valence-corrected chi connectivity index (χ0v) is 8.11. The molecule has 0 radical (unpaired) electrons. The highest BCUT2D eigenvalue weighted by molar-refractivity contribution is 6.46. The number of carbonyl (C=O) groups is 2. The maximum atomic E-state index is 11.2. The van der Waals surface area contributed by atoms with Gasteiger partial charge in [-0.3, -0.25) is 10.1 Å². The fraction of sp³-hybridized carbons (Fsp3) is 0.500. The molecule has 15 heavy (non-hydrogen) atoms. The predicted molar refractivity (Wildman–Crippen MR) is 49.8 cm³/mol. The van der Waals surface area contributed by atoms with Crippen LogP contribution in [0.3, 0.4) is 0 Å². The summed E-state index contributed by atoms with van der Waals surface area (Å²) in [6.45, 7) is 0. The van der Waals surface area contributed by atoms with Crippen molar-refractivity contribution in [1.82, 2.24) is 10.6 Å². The molecule has 1 aliphatic carbocycles. The Morgan fingerprint density at radius 2 is 2.20 bits per heavy atom. The van der Waals surface area contributed by atoms with Crippen LogP contribution in [-0.2, 0) is 9.63 Å². The maximum absolute atomic E-state index is 11.2. The zero-order chi connectivity index (χ0) is 11.3. The van der Waals surface area contributed by atoms with Crippen molar-refractivity contribution >= 4 is 17.6 Å². The van der Waals surface area contributed by atoms with Gasteiger partial charge in [0, 0.05) is 6.04 Å². The molecule has 0 aromatic rings. The molecule has 1 aliphatic rings. The first-order chi connectivity index (χ1) is 7.17. The summed E-state index contributed by atoms with van der Waals surface area (Å²) in [6, 6.07) is 1.03. The zero-order valence-electron chi connectivity index (χ0n) is 8.11. The van der Waals surface area contributed by atoms with Gasteiger partial charge < -0.3 is 10.2 Å². The van der Waals surface area contributed by atoms with Gasteiger partial charge in [-0.05, 0) is 12.8 Å². The third kappa shape index (κ3) is 3.64. The molecule has 80 valence electrons. The molecule has 7 nitrogen and oxygen atoms in total. The molecule has 1 fully saturated rings. The summed E-state index contributed by atoms with van der Waals surface area (Å²) in [5, 5.41) is 16.1. The highest BCUT2D eigenvalue weighted by Gasteiger charge is 2.24. The van der Waals surface area contributed by atoms with Gasteiger partial charge in [0.05, 0.1) is 0 Å². The minimum atomic E-state index is -0.877. The lowest BCUT2D eigenvalue weighted by atomic mass is 10.4. The van der Waals surface area contributed by atoms with Crippen molar-refractivity contribution in [2.75, 3.05) is 7.11 Å². The van der Waals surface area contributed by atoms with Crippen LogP contribution < -0.4 is 10.6 Å². The maximum Gasteiger partial charge on any atom is 0.321 e. The summed E-state index contributed by atoms with van der Waals surface area (Å²) in [6.07, 6.45) is 1.83. The number of urea groups is 1. The molecule has 1 saturated carbocycles. The number of nitrogens with one attached hydrogen (secondary N) is 2. The van der Waals surface area contributed by atoms with Crippen molar-refractivity contribution in [2.24, 2.45) is 5.16 Å². The molecule has 0 saturated heterocycles. The fourth-order valence-electron chi connectivity index (χ4n) is 0.815. The Kier molecular flexibility index (Phi) is 3.62. The summed E-state index contributed by atoms with van der Waals surface area (Å²) >= 11 is 0. The normalized spacial score (nSPS) is 15.1. The van der Waals surface area contributed by atoms with E-state index in [-0.39, 0.29) is 6.04 Å². The lowest BCUT2D eigenvalue weighted by Gasteiger charge is -2.02. The number of rotatable bonds is 3. The van der Waals surface area contributed by atoms with E-state index in [4.69, 9.17) is 5.26 Å². The van der Waals surface area contributed by atoms with Gasteiger partial charge in [0.15, 0.2) is 0 Å². The second-order valence-electron chi connectivity index (χ2n) is 2.94. The van der Waals surface area contributed by atoms with Gasteiger partial charge in [-0.1, -0.05) is 5.16 Å². The van der Waals surface area contributed by atoms with Crippen LogP contribution in [0.5, 0.6) is 0 Å². The summed E-state index contributed by atoms with van der Waals surface area (Å²) < 4.78 is 0. The Labute approximate surface area is 86.1 Å². The molecule has 1 rings (SSSR count). The molecule has 0 aromatic carbocycles. The van der Waals surface area contributed by atoms with Gasteiger partial charge in [0.1, 0.15) is 13.2 Å². The van der Waals surface area contributed by atoms with Gasteiger partial charge >= 0.3 is 6.03 Å². The number of carbonyl (C=O) groups excluding carboxylic acids is 2. The van der Waals surface area contributed by atoms with Crippen molar-refractivity contribution in [1.29, 1.82) is 5.26 Å². The van der Waals surface area contributed by atoms with E-state index in [2.05, 4.69) is 15.3 Å². The van der Waals surface area contributed by atoms with E-state index < -0.39 is 17.6 Å². The molecule has 0 atom stereocenters. The molecule has 0 bridgehead atoms. The minimum absolute atomic E-state index is 0.141. The van der Waals surface area contributed by atoms with Crippen molar-refractivity contribution in [3.8, 4) is 6.07 Å². The van der Waals surface area contributed by atoms with Gasteiger partial charge in [-0.2, -0.15) is 5.26 Å². The van der Waals surface area contributed by atoms with E-state index in [1.54, 1.807) is 0 Å². The van der Waals surface area contributed by atoms with Crippen molar-refractivity contribution in [3.63, 3.8) is 0 Å². The average Bonchev–Trinajstić information content (AvgIpc) is 2.97. The highest BCUT2D eigenvalue weighted by Crippen LogP contribution is 2.18. The quantitative estimate of drug-likeness (QED) is 0.484. The lowest BCUT2D eigenvalue weighted by molar-refractivity contribution is -0.113. The van der Waals surface area contributed by atoms with Crippen molar-refractivity contribution in [2.45, 2.75) is 18.9 Å². The van der Waals surface area contributed by atoms with Gasteiger partial charge in [0.25, 0.3) is 5.91 Å². The number of oxime groups is 1. The first-order valence-electron chi connectivity index (χ1n) is 4.30. The van der Waals surface area contributed by atoms with Crippen LogP contribution in [0.2, 0.25) is 0 Å². The average molecular weight is 210 g/mol. The molecule has 7 heteroatoms. The van der Waals surface area contributed by atoms with Crippen LogP contribution in [0.4, 0.5) is 4.79 Å². The van der Waals surface area contributed by atoms with E-state index >= 15 is 0 Å². The largest absolute Gasteiger partial charge is 0.398 e. The highest BCUT2D eigenvalue weighted by atomic mass is 16.6. The summed E-state index contributed by atoms with van der Waals surface area (Å²) in [7, 11) is 1.20. The first kappa shape index (κ1) is 11.0. The van der Waals surface area contributed by atoms with Gasteiger partial charge in [0.2, 0.25) is 5.71 Å². The van der Waals surface area contributed by atoms with Crippen LogP contribution in [0.15, 0.2) is 5.16 Å². The Morgan fingerprint density at radius 1 is 1.53 bits per heavy atom. The van der Waals surface area contributed by atoms with E-state index in [1.807, 2.05) is 5.32 Å². The summed E-state index contributed by atoms with van der Waals surface area (Å²) in [4.78, 5) is 26.5. The Bertz CT molecular complexity index is 340. The molecule has 0 aliphatic heterocycles. The summed E-state index contributed by atoms with van der Waals surface area (Å²) in [5.41, 5.74) is -0.497. The Hall–Kier alpha value is -2.10. The number of amides is 3. The SMILES string of the molecule is CO/N=C(/C#N)C(=O)NC(=O)NC1CC1. The van der Waals surface area contributed by atoms with E-state index in [0.717, 1.165) is 12.8 Å². The van der Waals surface area contributed by atoms with Crippen molar-refractivity contribution in [3.05, 3.63) is 0 Å². The van der Waals surface area contributed by atoms with Crippen LogP contribution in [-0.4, -0.2) is 30.8 Å². The van der Waals surface area contributed by atoms with E-state index in [0.29, 0.717) is 0 Å². The molecular formula is C8H10N4O3. The summed E-state index contributed by atoms with van der Waals surface area (Å²) in [5.74, 6) is -0.877. The minimum Gasteiger partial charge on any atom is -0.398 e. The standard InChI is InChI=1S/C8H10N4O3/c1-15-12-6(4-9)7(13)11-8(14)10-5-2-3-5/h5H,2-3H2,1H3,(H2,10,11,13,14)/b12-6-. The van der Waals surface area contributed by atoms with E-state index in [9.17, 15) is 9.59 Å². The molecular weight excluding hydrogens is 200 g/mol. The number of nitriles is 1. The second-order valence-corrected chi connectivity index (χ2v) is 2.94. The molecule has 0 heterocycles. The third-order valence-corrected chi connectivity index (χ3v) is 1.64. The van der Waals surface area contributed by atoms with Crippen LogP contribution in [0.25, 0.3) is 0 Å². The Balaban J connectivity index is 2.42. The predicted octanol–water partition coefficient (Wildman–Crippen LogP) is -0.499. The monoisotopic (exact) mass is 210 g/mol. The van der Waals surface area contributed by atoms with Crippen LogP contribution in [0, 0.1) is 11.3 Å². The number of hydrogen-bond acceptors (Lipinski definition) is 5. The number of imide groups is 1. The van der Waals surface area contributed by atoms with Crippen molar-refractivity contribution < 1.29 is 14.4 Å². The smallest absolute Gasteiger partial charge is 0.321 e. The molecule has 0 unspecified atom stereocenters. The molecule has 2 N–H and O–H groups in total. The van der Waals surface area contributed by atoms with Crippen LogP contribution >= 0.6 is 0 Å².